The number of fused-ring (bicyclic) bond motifs is 1. The summed E-state index contributed by atoms with van der Waals surface area (Å²) in [6.07, 6.45) is 0. The zero-order chi connectivity index (χ0) is 20.1. The monoisotopic (exact) mass is 438 g/mol. The van der Waals surface area contributed by atoms with Crippen LogP contribution in [0.25, 0.3) is 10.2 Å². The second-order valence-corrected chi connectivity index (χ2v) is 7.47. The average Bonchev–Trinajstić information content (AvgIpc) is 2.98. The molecule has 0 atom stereocenters. The summed E-state index contributed by atoms with van der Waals surface area (Å²) < 4.78 is 13.0. The van der Waals surface area contributed by atoms with Gasteiger partial charge in [-0.05, 0) is 37.3 Å². The van der Waals surface area contributed by atoms with E-state index in [1.54, 1.807) is 23.6 Å². The first-order valence-corrected chi connectivity index (χ1v) is 9.94. The molecular weight excluding hydrogens is 423 g/mol. The number of carbonyl (C=O) groups is 2. The number of amides is 1. The molecule has 0 aliphatic rings. The summed E-state index contributed by atoms with van der Waals surface area (Å²) in [5, 5.41) is 0.776. The van der Waals surface area contributed by atoms with Crippen molar-refractivity contribution < 1.29 is 19.1 Å². The van der Waals surface area contributed by atoms with Gasteiger partial charge in [-0.25, -0.2) is 0 Å². The number of aromatic nitrogens is 1. The molecule has 0 fully saturated rings. The number of nitrogens with zero attached hydrogens (tertiary/aromatic N) is 2. The smallest absolute Gasteiger partial charge is 0.326 e. The highest BCUT2D eigenvalue weighted by molar-refractivity contribution is 7.16. The molecule has 1 amide bonds. The fraction of sp³-hybridized carbons (Fsp3) is 0.211. The molecule has 28 heavy (non-hydrogen) atoms. The number of hydrogen-bond donors (Lipinski definition) is 0. The molecule has 0 saturated heterocycles. The average molecular weight is 439 g/mol. The van der Waals surface area contributed by atoms with Gasteiger partial charge >= 0.3 is 5.97 Å². The van der Waals surface area contributed by atoms with Crippen molar-refractivity contribution in [1.82, 2.24) is 4.57 Å². The molecule has 9 heteroatoms. The number of rotatable bonds is 6. The Labute approximate surface area is 174 Å². The molecule has 0 bridgehead atoms. The lowest BCUT2D eigenvalue weighted by molar-refractivity contribution is -0.143. The predicted molar refractivity (Wildman–Crippen MR) is 109 cm³/mol. The highest BCUT2D eigenvalue weighted by Crippen LogP contribution is 2.27. The van der Waals surface area contributed by atoms with Gasteiger partial charge in [0.05, 0.1) is 21.8 Å². The molecule has 0 N–H and O–H groups in total. The lowest BCUT2D eigenvalue weighted by Gasteiger charge is -2.06. The maximum atomic E-state index is 12.3. The first kappa shape index (κ1) is 20.4. The predicted octanol–water partition coefficient (Wildman–Crippen LogP) is 4.08. The molecule has 1 heterocycles. The minimum absolute atomic E-state index is 0.0339. The summed E-state index contributed by atoms with van der Waals surface area (Å²) in [6, 6.07) is 12.2. The van der Waals surface area contributed by atoms with Crippen LogP contribution in [0.1, 0.15) is 6.92 Å². The Hall–Kier alpha value is -2.35. The summed E-state index contributed by atoms with van der Waals surface area (Å²) in [6.45, 7) is 1.69. The molecule has 146 valence electrons. The van der Waals surface area contributed by atoms with Crippen LogP contribution in [0.15, 0.2) is 47.5 Å². The largest absolute Gasteiger partial charge is 0.482 e. The van der Waals surface area contributed by atoms with Gasteiger partial charge < -0.3 is 14.0 Å². The van der Waals surface area contributed by atoms with E-state index in [4.69, 9.17) is 32.7 Å². The van der Waals surface area contributed by atoms with Gasteiger partial charge in [-0.15, -0.1) is 0 Å². The fourth-order valence-electron chi connectivity index (χ4n) is 2.47. The SMILES string of the molecule is CCOC(=O)Cn1c(=NC(=O)COc2ccc(Cl)cc2Cl)sc2ccccc21. The number of carbonyl (C=O) groups excluding carboxylic acids is 2. The molecule has 0 spiro atoms. The highest BCUT2D eigenvalue weighted by Gasteiger charge is 2.12. The van der Waals surface area contributed by atoms with E-state index in [2.05, 4.69) is 4.99 Å². The van der Waals surface area contributed by atoms with Crippen LogP contribution in [0, 0.1) is 0 Å². The van der Waals surface area contributed by atoms with Crippen LogP contribution in [0.4, 0.5) is 0 Å². The molecular formula is C19H16Cl2N2O4S. The molecule has 0 aliphatic heterocycles. The van der Waals surface area contributed by atoms with Crippen LogP contribution in [0.3, 0.4) is 0 Å². The molecule has 6 nitrogen and oxygen atoms in total. The standard InChI is InChI=1S/C19H16Cl2N2O4S/c1-2-26-18(25)10-23-14-5-3-4-6-16(14)28-19(23)22-17(24)11-27-15-8-7-12(20)9-13(15)21/h3-9H,2,10-11H2,1H3. The molecule has 3 aromatic rings. The number of esters is 1. The Morgan fingerprint density at radius 1 is 1.18 bits per heavy atom. The highest BCUT2D eigenvalue weighted by atomic mass is 35.5. The molecule has 1 aromatic heterocycles. The Morgan fingerprint density at radius 2 is 1.96 bits per heavy atom. The summed E-state index contributed by atoms with van der Waals surface area (Å²) in [7, 11) is 0. The number of hydrogen-bond acceptors (Lipinski definition) is 5. The van der Waals surface area contributed by atoms with Gasteiger partial charge in [-0.2, -0.15) is 4.99 Å². The van der Waals surface area contributed by atoms with Crippen molar-refractivity contribution in [3.63, 3.8) is 0 Å². The molecule has 0 aliphatic carbocycles. The third-order valence-corrected chi connectivity index (χ3v) is 5.24. The van der Waals surface area contributed by atoms with Gasteiger partial charge in [0.15, 0.2) is 11.4 Å². The maximum Gasteiger partial charge on any atom is 0.326 e. The van der Waals surface area contributed by atoms with Crippen molar-refractivity contribution in [2.45, 2.75) is 13.5 Å². The number of para-hydroxylation sites is 1. The first-order valence-electron chi connectivity index (χ1n) is 8.37. The van der Waals surface area contributed by atoms with E-state index in [0.717, 1.165) is 10.2 Å². The third kappa shape index (κ3) is 4.92. The Morgan fingerprint density at radius 3 is 2.71 bits per heavy atom. The second-order valence-electron chi connectivity index (χ2n) is 5.61. The quantitative estimate of drug-likeness (QED) is 0.543. The minimum Gasteiger partial charge on any atom is -0.482 e. The zero-order valence-corrected chi connectivity index (χ0v) is 17.2. The second kappa shape index (κ2) is 9.23. The molecule has 2 aromatic carbocycles. The van der Waals surface area contributed by atoms with Crippen LogP contribution in [0.2, 0.25) is 10.0 Å². The van der Waals surface area contributed by atoms with Gasteiger partial charge in [0.25, 0.3) is 5.91 Å². The van der Waals surface area contributed by atoms with Gasteiger partial charge in [-0.3, -0.25) is 9.59 Å². The van der Waals surface area contributed by atoms with Crippen LogP contribution in [0.5, 0.6) is 5.75 Å². The summed E-state index contributed by atoms with van der Waals surface area (Å²) in [4.78, 5) is 28.8. The van der Waals surface area contributed by atoms with E-state index in [1.165, 1.54) is 17.4 Å². The topological polar surface area (TPSA) is 69.9 Å². The number of benzene rings is 2. The van der Waals surface area contributed by atoms with Gasteiger partial charge in [0, 0.05) is 5.02 Å². The van der Waals surface area contributed by atoms with Gasteiger partial charge in [0.1, 0.15) is 12.3 Å². The third-order valence-electron chi connectivity index (χ3n) is 3.65. The lowest BCUT2D eigenvalue weighted by Crippen LogP contribution is -2.24. The number of halogens is 2. The Kier molecular flexibility index (Phi) is 6.72. The minimum atomic E-state index is -0.504. The first-order chi connectivity index (χ1) is 13.5. The van der Waals surface area contributed by atoms with Crippen molar-refractivity contribution in [3.05, 3.63) is 57.3 Å². The van der Waals surface area contributed by atoms with Crippen molar-refractivity contribution >= 4 is 56.6 Å². The van der Waals surface area contributed by atoms with Crippen LogP contribution in [-0.2, 0) is 20.9 Å². The van der Waals surface area contributed by atoms with Crippen LogP contribution >= 0.6 is 34.5 Å². The Bertz CT molecular complexity index is 1090. The molecule has 0 radical (unpaired) electrons. The maximum absolute atomic E-state index is 12.3. The number of ether oxygens (including phenoxy) is 2. The van der Waals surface area contributed by atoms with E-state index < -0.39 is 11.9 Å². The van der Waals surface area contributed by atoms with Gasteiger partial charge in [0.2, 0.25) is 0 Å². The number of thiazole rings is 1. The summed E-state index contributed by atoms with van der Waals surface area (Å²) >= 11 is 13.2. The fourth-order valence-corrected chi connectivity index (χ4v) is 3.98. The van der Waals surface area contributed by atoms with Crippen molar-refractivity contribution in [2.75, 3.05) is 13.2 Å². The zero-order valence-electron chi connectivity index (χ0n) is 14.9. The van der Waals surface area contributed by atoms with Crippen molar-refractivity contribution in [1.29, 1.82) is 0 Å². The Balaban J connectivity index is 1.85. The van der Waals surface area contributed by atoms with E-state index >= 15 is 0 Å². The van der Waals surface area contributed by atoms with Gasteiger partial charge in [-0.1, -0.05) is 46.7 Å². The lowest BCUT2D eigenvalue weighted by atomic mass is 10.3. The molecule has 0 unspecified atom stereocenters. The summed E-state index contributed by atoms with van der Waals surface area (Å²) in [5.41, 5.74) is 0.800. The normalized spacial score (nSPS) is 11.6. The molecule has 3 rings (SSSR count). The van der Waals surface area contributed by atoms with E-state index in [1.807, 2.05) is 24.3 Å². The van der Waals surface area contributed by atoms with E-state index in [-0.39, 0.29) is 19.8 Å². The molecule has 0 saturated carbocycles. The summed E-state index contributed by atoms with van der Waals surface area (Å²) in [5.74, 6) is -0.565. The van der Waals surface area contributed by atoms with Crippen LogP contribution in [-0.4, -0.2) is 29.7 Å². The van der Waals surface area contributed by atoms with Crippen LogP contribution < -0.4 is 9.54 Å². The van der Waals surface area contributed by atoms with E-state index in [0.29, 0.717) is 20.6 Å². The van der Waals surface area contributed by atoms with E-state index in [9.17, 15) is 9.59 Å². The van der Waals surface area contributed by atoms with Crippen molar-refractivity contribution in [2.24, 2.45) is 4.99 Å². The van der Waals surface area contributed by atoms with Crippen molar-refractivity contribution in [3.8, 4) is 5.75 Å².